The van der Waals surface area contributed by atoms with Crippen LogP contribution in [0.15, 0.2) is 30.6 Å². The lowest BCUT2D eigenvalue weighted by atomic mass is 10.3. The van der Waals surface area contributed by atoms with Gasteiger partial charge in [0.25, 0.3) is 0 Å². The van der Waals surface area contributed by atoms with Crippen LogP contribution in [0.3, 0.4) is 0 Å². The number of hydrogen-bond acceptors (Lipinski definition) is 5. The van der Waals surface area contributed by atoms with Crippen molar-refractivity contribution in [3.8, 4) is 0 Å². The van der Waals surface area contributed by atoms with Crippen molar-refractivity contribution in [2.24, 2.45) is 7.05 Å². The molecule has 6 nitrogen and oxygen atoms in total. The number of aromatic nitrogens is 3. The van der Waals surface area contributed by atoms with Crippen molar-refractivity contribution in [2.45, 2.75) is 6.42 Å². The van der Waals surface area contributed by atoms with Crippen molar-refractivity contribution in [1.29, 1.82) is 0 Å². The third-order valence-corrected chi connectivity index (χ3v) is 2.79. The molecule has 0 radical (unpaired) electrons. The summed E-state index contributed by atoms with van der Waals surface area (Å²) >= 11 is 0. The fraction of sp³-hybridized carbons (Fsp3) is 0.308. The molecule has 0 fully saturated rings. The number of pyridine rings is 1. The lowest BCUT2D eigenvalue weighted by molar-refractivity contribution is 0.0594. The second-order valence-corrected chi connectivity index (χ2v) is 4.04. The molecule has 0 aliphatic rings. The van der Waals surface area contributed by atoms with E-state index in [1.807, 2.05) is 23.9 Å². The van der Waals surface area contributed by atoms with Gasteiger partial charge in [0.1, 0.15) is 5.69 Å². The first kappa shape index (κ1) is 13.1. The van der Waals surface area contributed by atoms with Crippen molar-refractivity contribution in [1.82, 2.24) is 14.8 Å². The summed E-state index contributed by atoms with van der Waals surface area (Å²) in [5.41, 5.74) is 2.29. The van der Waals surface area contributed by atoms with Gasteiger partial charge in [-0.3, -0.25) is 4.68 Å². The fourth-order valence-corrected chi connectivity index (χ4v) is 1.74. The maximum atomic E-state index is 11.3. The van der Waals surface area contributed by atoms with Crippen LogP contribution in [0.5, 0.6) is 0 Å². The van der Waals surface area contributed by atoms with Crippen LogP contribution in [0.2, 0.25) is 0 Å². The minimum absolute atomic E-state index is 0.299. The number of nitrogens with one attached hydrogen (secondary N) is 1. The monoisotopic (exact) mass is 260 g/mol. The smallest absolute Gasteiger partial charge is 0.356 e. The molecule has 19 heavy (non-hydrogen) atoms. The Hall–Kier alpha value is -2.37. The molecule has 0 aliphatic heterocycles. The first-order chi connectivity index (χ1) is 9.20. The van der Waals surface area contributed by atoms with Crippen LogP contribution in [0, 0.1) is 0 Å². The quantitative estimate of drug-likeness (QED) is 0.819. The number of hydrogen-bond donors (Lipinski definition) is 1. The standard InChI is InChI=1S/C13H16N4O2/c1-17-11(5-8-16-17)4-7-14-10-3-6-15-12(9-10)13(18)19-2/h3,5-6,8-9H,4,7H2,1-2H3,(H,14,15). The van der Waals surface area contributed by atoms with Crippen molar-refractivity contribution >= 4 is 11.7 Å². The molecule has 6 heteroatoms. The van der Waals surface area contributed by atoms with Gasteiger partial charge in [-0.15, -0.1) is 0 Å². The van der Waals surface area contributed by atoms with E-state index < -0.39 is 5.97 Å². The number of rotatable bonds is 5. The van der Waals surface area contributed by atoms with E-state index in [9.17, 15) is 4.79 Å². The van der Waals surface area contributed by atoms with Gasteiger partial charge in [-0.1, -0.05) is 0 Å². The molecule has 0 aromatic carbocycles. The number of carbonyl (C=O) groups is 1. The first-order valence-corrected chi connectivity index (χ1v) is 5.96. The zero-order valence-corrected chi connectivity index (χ0v) is 11.0. The van der Waals surface area contributed by atoms with E-state index in [0.717, 1.165) is 24.3 Å². The summed E-state index contributed by atoms with van der Waals surface area (Å²) in [5, 5.41) is 7.35. The SMILES string of the molecule is COC(=O)c1cc(NCCc2ccnn2C)ccn1. The van der Waals surface area contributed by atoms with Crippen molar-refractivity contribution in [2.75, 3.05) is 19.0 Å². The third kappa shape index (κ3) is 3.31. The molecule has 0 amide bonds. The molecular weight excluding hydrogens is 244 g/mol. The predicted molar refractivity (Wildman–Crippen MR) is 71.0 cm³/mol. The van der Waals surface area contributed by atoms with Gasteiger partial charge >= 0.3 is 5.97 Å². The zero-order valence-electron chi connectivity index (χ0n) is 11.0. The van der Waals surface area contributed by atoms with Crippen molar-refractivity contribution in [3.05, 3.63) is 42.0 Å². The van der Waals surface area contributed by atoms with Gasteiger partial charge in [-0.25, -0.2) is 9.78 Å². The Morgan fingerprint density at radius 1 is 1.42 bits per heavy atom. The highest BCUT2D eigenvalue weighted by atomic mass is 16.5. The number of carbonyl (C=O) groups excluding carboxylic acids is 1. The maximum Gasteiger partial charge on any atom is 0.356 e. The molecule has 0 spiro atoms. The Morgan fingerprint density at radius 2 is 2.26 bits per heavy atom. The maximum absolute atomic E-state index is 11.3. The van der Waals surface area contributed by atoms with E-state index in [1.165, 1.54) is 7.11 Å². The normalized spacial score (nSPS) is 10.2. The Kier molecular flexibility index (Phi) is 4.12. The van der Waals surface area contributed by atoms with Crippen LogP contribution in [0.1, 0.15) is 16.2 Å². The van der Waals surface area contributed by atoms with Gasteiger partial charge in [0.2, 0.25) is 0 Å². The van der Waals surface area contributed by atoms with Gasteiger partial charge in [-0.2, -0.15) is 5.10 Å². The molecular formula is C13H16N4O2. The number of methoxy groups -OCH3 is 1. The Balaban J connectivity index is 1.93. The predicted octanol–water partition coefficient (Wildman–Crippen LogP) is 1.26. The average Bonchev–Trinajstić information content (AvgIpc) is 2.84. The third-order valence-electron chi connectivity index (χ3n) is 2.79. The highest BCUT2D eigenvalue weighted by molar-refractivity contribution is 5.88. The molecule has 0 saturated carbocycles. The lowest BCUT2D eigenvalue weighted by Crippen LogP contribution is -2.10. The lowest BCUT2D eigenvalue weighted by Gasteiger charge is -2.07. The van der Waals surface area contributed by atoms with E-state index in [0.29, 0.717) is 5.69 Å². The summed E-state index contributed by atoms with van der Waals surface area (Å²) in [6, 6.07) is 5.47. The number of ether oxygens (including phenoxy) is 1. The van der Waals surface area contributed by atoms with Gasteiger partial charge < -0.3 is 10.1 Å². The molecule has 0 aliphatic carbocycles. The molecule has 2 aromatic rings. The molecule has 0 unspecified atom stereocenters. The molecule has 2 rings (SSSR count). The van der Waals surface area contributed by atoms with E-state index >= 15 is 0 Å². The minimum Gasteiger partial charge on any atom is -0.464 e. The fourth-order valence-electron chi connectivity index (χ4n) is 1.74. The summed E-state index contributed by atoms with van der Waals surface area (Å²) in [7, 11) is 3.25. The summed E-state index contributed by atoms with van der Waals surface area (Å²) in [5.74, 6) is -0.435. The summed E-state index contributed by atoms with van der Waals surface area (Å²) in [6.45, 7) is 0.754. The van der Waals surface area contributed by atoms with E-state index in [2.05, 4.69) is 20.1 Å². The molecule has 2 aromatic heterocycles. The number of aryl methyl sites for hydroxylation is 1. The largest absolute Gasteiger partial charge is 0.464 e. The van der Waals surface area contributed by atoms with Crippen LogP contribution in [-0.4, -0.2) is 34.4 Å². The van der Waals surface area contributed by atoms with Gasteiger partial charge in [-0.05, 0) is 18.2 Å². The first-order valence-electron chi connectivity index (χ1n) is 5.96. The molecule has 2 heterocycles. The van der Waals surface area contributed by atoms with Gasteiger partial charge in [0.15, 0.2) is 0 Å². The molecule has 0 bridgehead atoms. The van der Waals surface area contributed by atoms with Crippen molar-refractivity contribution < 1.29 is 9.53 Å². The van der Waals surface area contributed by atoms with Crippen LogP contribution in [-0.2, 0) is 18.2 Å². The van der Waals surface area contributed by atoms with E-state index in [1.54, 1.807) is 18.5 Å². The summed E-state index contributed by atoms with van der Waals surface area (Å²) in [4.78, 5) is 15.3. The number of anilines is 1. The highest BCUT2D eigenvalue weighted by Gasteiger charge is 2.07. The molecule has 100 valence electrons. The number of esters is 1. The highest BCUT2D eigenvalue weighted by Crippen LogP contribution is 2.09. The topological polar surface area (TPSA) is 69.0 Å². The zero-order chi connectivity index (χ0) is 13.7. The number of nitrogens with zero attached hydrogens (tertiary/aromatic N) is 3. The van der Waals surface area contributed by atoms with Crippen molar-refractivity contribution in [3.63, 3.8) is 0 Å². The Labute approximate surface area is 111 Å². The molecule has 0 saturated heterocycles. The summed E-state index contributed by atoms with van der Waals surface area (Å²) in [6.07, 6.45) is 4.21. The van der Waals surface area contributed by atoms with Crippen LogP contribution >= 0.6 is 0 Å². The van der Waals surface area contributed by atoms with Crippen LogP contribution in [0.4, 0.5) is 5.69 Å². The molecule has 1 N–H and O–H groups in total. The van der Waals surface area contributed by atoms with Gasteiger partial charge in [0, 0.05) is 43.8 Å². The average molecular weight is 260 g/mol. The molecule has 0 atom stereocenters. The second kappa shape index (κ2) is 5.99. The Bertz CT molecular complexity index is 565. The Morgan fingerprint density at radius 3 is 2.95 bits per heavy atom. The minimum atomic E-state index is -0.435. The van der Waals surface area contributed by atoms with Crippen LogP contribution in [0.25, 0.3) is 0 Å². The van der Waals surface area contributed by atoms with Gasteiger partial charge in [0.05, 0.1) is 7.11 Å². The second-order valence-electron chi connectivity index (χ2n) is 4.04. The summed E-state index contributed by atoms with van der Waals surface area (Å²) < 4.78 is 6.47. The van der Waals surface area contributed by atoms with E-state index in [-0.39, 0.29) is 0 Å². The van der Waals surface area contributed by atoms with E-state index in [4.69, 9.17) is 0 Å². The van der Waals surface area contributed by atoms with Crippen LogP contribution < -0.4 is 5.32 Å².